The van der Waals surface area contributed by atoms with Crippen molar-refractivity contribution in [2.45, 2.75) is 19.1 Å². The zero-order valence-electron chi connectivity index (χ0n) is 14.8. The number of rotatable bonds is 9. The second-order valence-electron chi connectivity index (χ2n) is 5.87. The molecule has 2 aromatic carbocycles. The molecule has 0 aliphatic rings. The molecule has 0 spiro atoms. The largest absolute Gasteiger partial charge is 0.355 e. The quantitative estimate of drug-likeness (QED) is 0.662. The number of carbonyl (C=O) groups is 2. The van der Waals surface area contributed by atoms with Crippen LogP contribution in [0.2, 0.25) is 0 Å². The summed E-state index contributed by atoms with van der Waals surface area (Å²) < 4.78 is 13.5. The highest BCUT2D eigenvalue weighted by atomic mass is 32.2. The monoisotopic (exact) mass is 374 g/mol. The molecule has 0 bridgehead atoms. The lowest BCUT2D eigenvalue weighted by Crippen LogP contribution is -2.31. The zero-order valence-corrected chi connectivity index (χ0v) is 15.6. The summed E-state index contributed by atoms with van der Waals surface area (Å²) in [6.07, 6.45) is 0.232. The lowest BCUT2D eigenvalue weighted by Gasteiger charge is -2.07. The van der Waals surface area contributed by atoms with Gasteiger partial charge in [-0.1, -0.05) is 35.9 Å². The van der Waals surface area contributed by atoms with Gasteiger partial charge in [-0.05, 0) is 30.7 Å². The average Bonchev–Trinajstić information content (AvgIpc) is 2.63. The van der Waals surface area contributed by atoms with Gasteiger partial charge in [0.05, 0.1) is 0 Å². The van der Waals surface area contributed by atoms with Crippen LogP contribution >= 0.6 is 11.8 Å². The second-order valence-corrected chi connectivity index (χ2v) is 6.97. The fraction of sp³-hybridized carbons (Fsp3) is 0.300. The third-order valence-electron chi connectivity index (χ3n) is 3.70. The van der Waals surface area contributed by atoms with E-state index >= 15 is 0 Å². The number of hydrogen-bond acceptors (Lipinski definition) is 3. The Morgan fingerprint density at radius 2 is 1.85 bits per heavy atom. The van der Waals surface area contributed by atoms with Gasteiger partial charge in [0.2, 0.25) is 5.91 Å². The molecule has 0 atom stereocenters. The van der Waals surface area contributed by atoms with E-state index in [1.54, 1.807) is 30.0 Å². The minimum Gasteiger partial charge on any atom is -0.355 e. The number of benzene rings is 2. The fourth-order valence-corrected chi connectivity index (χ4v) is 3.17. The van der Waals surface area contributed by atoms with Gasteiger partial charge in [-0.3, -0.25) is 9.59 Å². The molecule has 138 valence electrons. The molecule has 0 radical (unpaired) electrons. The van der Waals surface area contributed by atoms with Crippen molar-refractivity contribution in [2.24, 2.45) is 0 Å². The van der Waals surface area contributed by atoms with Gasteiger partial charge < -0.3 is 10.6 Å². The Kier molecular flexibility index (Phi) is 8.15. The highest BCUT2D eigenvalue weighted by Crippen LogP contribution is 2.14. The Morgan fingerprint density at radius 3 is 2.62 bits per heavy atom. The van der Waals surface area contributed by atoms with E-state index in [2.05, 4.69) is 10.6 Å². The summed E-state index contributed by atoms with van der Waals surface area (Å²) in [5, 5.41) is 5.54. The molecular weight excluding hydrogens is 351 g/mol. The van der Waals surface area contributed by atoms with Crippen LogP contribution in [0.5, 0.6) is 0 Å². The van der Waals surface area contributed by atoms with Gasteiger partial charge >= 0.3 is 0 Å². The molecule has 4 nitrogen and oxygen atoms in total. The first kappa shape index (κ1) is 20.0. The predicted octanol–water partition coefficient (Wildman–Crippen LogP) is 3.30. The molecular formula is C20H23FN2O2S. The van der Waals surface area contributed by atoms with E-state index < -0.39 is 0 Å². The predicted molar refractivity (Wildman–Crippen MR) is 104 cm³/mol. The van der Waals surface area contributed by atoms with Gasteiger partial charge in [0.25, 0.3) is 5.91 Å². The van der Waals surface area contributed by atoms with E-state index in [1.807, 2.05) is 31.2 Å². The molecule has 2 aromatic rings. The van der Waals surface area contributed by atoms with E-state index in [0.29, 0.717) is 35.7 Å². The van der Waals surface area contributed by atoms with Crippen LogP contribution in [0, 0.1) is 12.7 Å². The number of carbonyl (C=O) groups excluding carboxylic acids is 2. The molecule has 2 rings (SSSR count). The summed E-state index contributed by atoms with van der Waals surface area (Å²) in [6, 6.07) is 14.0. The highest BCUT2D eigenvalue weighted by Gasteiger charge is 2.07. The average molecular weight is 374 g/mol. The third-order valence-corrected chi connectivity index (χ3v) is 4.71. The fourth-order valence-electron chi connectivity index (χ4n) is 2.33. The number of thioether (sulfide) groups is 1. The molecule has 0 fully saturated rings. The molecule has 2 amide bonds. The summed E-state index contributed by atoms with van der Waals surface area (Å²) in [7, 11) is 0. The SMILES string of the molecule is Cc1cccc(C(=O)NCCC(=O)NCCSCc2ccccc2F)c1. The van der Waals surface area contributed by atoms with Crippen molar-refractivity contribution in [1.82, 2.24) is 10.6 Å². The standard InChI is InChI=1S/C20H23FN2O2S/c1-15-5-4-7-16(13-15)20(25)23-10-9-19(24)22-11-12-26-14-17-6-2-3-8-18(17)21/h2-8,13H,9-12,14H2,1H3,(H,22,24)(H,23,25). The molecule has 0 aromatic heterocycles. The van der Waals surface area contributed by atoms with E-state index in [-0.39, 0.29) is 24.1 Å². The molecule has 0 unspecified atom stereocenters. The maximum absolute atomic E-state index is 13.5. The number of aryl methyl sites for hydroxylation is 1. The van der Waals surface area contributed by atoms with Gasteiger partial charge in [0, 0.05) is 36.6 Å². The third kappa shape index (κ3) is 6.88. The zero-order chi connectivity index (χ0) is 18.8. The van der Waals surface area contributed by atoms with Crippen molar-refractivity contribution in [3.63, 3.8) is 0 Å². The first-order chi connectivity index (χ1) is 12.6. The topological polar surface area (TPSA) is 58.2 Å². The number of nitrogens with one attached hydrogen (secondary N) is 2. The Hall–Kier alpha value is -2.34. The molecule has 6 heteroatoms. The Bertz CT molecular complexity index is 752. The minimum atomic E-state index is -0.201. The van der Waals surface area contributed by atoms with Crippen molar-refractivity contribution < 1.29 is 14.0 Å². The number of halogens is 1. The van der Waals surface area contributed by atoms with Gasteiger partial charge in [-0.2, -0.15) is 11.8 Å². The first-order valence-electron chi connectivity index (χ1n) is 8.49. The Balaban J connectivity index is 1.56. The molecule has 0 saturated heterocycles. The number of hydrogen-bond donors (Lipinski definition) is 2. The maximum atomic E-state index is 13.5. The summed E-state index contributed by atoms with van der Waals surface area (Å²) in [5.74, 6) is 0.793. The van der Waals surface area contributed by atoms with Crippen molar-refractivity contribution in [3.05, 3.63) is 71.0 Å². The van der Waals surface area contributed by atoms with Crippen LogP contribution in [-0.4, -0.2) is 30.7 Å². The van der Waals surface area contributed by atoms with Gasteiger partial charge in [0.15, 0.2) is 0 Å². The Morgan fingerprint density at radius 1 is 1.04 bits per heavy atom. The summed E-state index contributed by atoms with van der Waals surface area (Å²) in [4.78, 5) is 23.7. The van der Waals surface area contributed by atoms with Crippen LogP contribution in [0.1, 0.15) is 27.9 Å². The molecule has 26 heavy (non-hydrogen) atoms. The van der Waals surface area contributed by atoms with Crippen molar-refractivity contribution in [3.8, 4) is 0 Å². The van der Waals surface area contributed by atoms with Gasteiger partial charge in [-0.25, -0.2) is 4.39 Å². The van der Waals surface area contributed by atoms with Crippen LogP contribution in [0.4, 0.5) is 4.39 Å². The molecule has 0 aliphatic heterocycles. The van der Waals surface area contributed by atoms with E-state index in [1.165, 1.54) is 6.07 Å². The molecule has 0 aliphatic carbocycles. The van der Waals surface area contributed by atoms with Gasteiger partial charge in [0.1, 0.15) is 5.82 Å². The highest BCUT2D eigenvalue weighted by molar-refractivity contribution is 7.98. The van der Waals surface area contributed by atoms with Crippen LogP contribution in [0.3, 0.4) is 0 Å². The number of amides is 2. The van der Waals surface area contributed by atoms with Crippen LogP contribution in [0.15, 0.2) is 48.5 Å². The normalized spacial score (nSPS) is 10.4. The van der Waals surface area contributed by atoms with Crippen molar-refractivity contribution in [2.75, 3.05) is 18.8 Å². The summed E-state index contributed by atoms with van der Waals surface area (Å²) in [6.45, 7) is 2.74. The lowest BCUT2D eigenvalue weighted by atomic mass is 10.1. The molecule has 2 N–H and O–H groups in total. The first-order valence-corrected chi connectivity index (χ1v) is 9.64. The summed E-state index contributed by atoms with van der Waals surface area (Å²) >= 11 is 1.57. The van der Waals surface area contributed by atoms with Crippen LogP contribution in [0.25, 0.3) is 0 Å². The van der Waals surface area contributed by atoms with Crippen molar-refractivity contribution >= 4 is 23.6 Å². The summed E-state index contributed by atoms with van der Waals surface area (Å²) in [5.41, 5.74) is 2.28. The molecule has 0 heterocycles. The van der Waals surface area contributed by atoms with Crippen LogP contribution < -0.4 is 10.6 Å². The van der Waals surface area contributed by atoms with Gasteiger partial charge in [-0.15, -0.1) is 0 Å². The smallest absolute Gasteiger partial charge is 0.251 e. The van der Waals surface area contributed by atoms with E-state index in [4.69, 9.17) is 0 Å². The molecule has 0 saturated carbocycles. The van der Waals surface area contributed by atoms with E-state index in [9.17, 15) is 14.0 Å². The van der Waals surface area contributed by atoms with Crippen LogP contribution in [-0.2, 0) is 10.5 Å². The minimum absolute atomic E-state index is 0.110. The van der Waals surface area contributed by atoms with E-state index in [0.717, 1.165) is 5.56 Å². The second kappa shape index (κ2) is 10.6. The lowest BCUT2D eigenvalue weighted by molar-refractivity contribution is -0.120. The maximum Gasteiger partial charge on any atom is 0.251 e. The van der Waals surface area contributed by atoms with Crippen molar-refractivity contribution in [1.29, 1.82) is 0 Å². The Labute approximate surface area is 157 Å².